The van der Waals surface area contributed by atoms with Crippen LogP contribution in [0.1, 0.15) is 17.2 Å². The molecule has 0 bridgehead atoms. The van der Waals surface area contributed by atoms with Crippen molar-refractivity contribution in [1.29, 1.82) is 5.26 Å². The van der Waals surface area contributed by atoms with E-state index in [1.165, 1.54) is 5.56 Å². The Kier molecular flexibility index (Phi) is 11.5. The molecule has 0 aliphatic rings. The molecule has 2 aromatic rings. The van der Waals surface area contributed by atoms with E-state index in [0.717, 1.165) is 24.3 Å². The molecule has 0 aliphatic heterocycles. The first kappa shape index (κ1) is 22.9. The molecular formula is C23H30N2O4. The Bertz CT molecular complexity index is 701. The third kappa shape index (κ3) is 9.55. The fourth-order valence-corrected chi connectivity index (χ4v) is 2.68. The second kappa shape index (κ2) is 14.6. The first-order valence-corrected chi connectivity index (χ1v) is 9.87. The van der Waals surface area contributed by atoms with Gasteiger partial charge in [-0.25, -0.2) is 0 Å². The van der Waals surface area contributed by atoms with Gasteiger partial charge in [0.15, 0.2) is 0 Å². The summed E-state index contributed by atoms with van der Waals surface area (Å²) in [5, 5.41) is 12.8. The second-order valence-corrected chi connectivity index (χ2v) is 6.39. The van der Waals surface area contributed by atoms with Crippen LogP contribution in [0.4, 0.5) is 0 Å². The molecule has 0 aliphatic carbocycles. The summed E-state index contributed by atoms with van der Waals surface area (Å²) in [5.74, 6) is 0.759. The van der Waals surface area contributed by atoms with E-state index in [1.54, 1.807) is 7.11 Å². The van der Waals surface area contributed by atoms with Gasteiger partial charge in [-0.2, -0.15) is 5.26 Å². The van der Waals surface area contributed by atoms with E-state index in [-0.39, 0.29) is 6.04 Å². The third-order valence-corrected chi connectivity index (χ3v) is 4.25. The van der Waals surface area contributed by atoms with Gasteiger partial charge in [-0.1, -0.05) is 42.5 Å². The molecule has 1 unspecified atom stereocenters. The minimum absolute atomic E-state index is 0.339. The Hall–Kier alpha value is -2.43. The van der Waals surface area contributed by atoms with Crippen LogP contribution in [0, 0.1) is 11.3 Å². The van der Waals surface area contributed by atoms with Crippen LogP contribution in [0.3, 0.4) is 0 Å². The monoisotopic (exact) mass is 398 g/mol. The maximum atomic E-state index is 9.46. The molecule has 156 valence electrons. The summed E-state index contributed by atoms with van der Waals surface area (Å²) in [6.07, 6.45) is 0.887. The van der Waals surface area contributed by atoms with Crippen molar-refractivity contribution >= 4 is 0 Å². The predicted molar refractivity (Wildman–Crippen MR) is 112 cm³/mol. The van der Waals surface area contributed by atoms with Crippen LogP contribution in [-0.4, -0.2) is 53.3 Å². The molecule has 1 N–H and O–H groups in total. The third-order valence-electron chi connectivity index (χ3n) is 4.25. The summed E-state index contributed by atoms with van der Waals surface area (Å²) in [4.78, 5) is 0. The fourth-order valence-electron chi connectivity index (χ4n) is 2.68. The Labute approximate surface area is 173 Å². The minimum Gasteiger partial charge on any atom is -0.491 e. The van der Waals surface area contributed by atoms with Gasteiger partial charge in [-0.15, -0.1) is 0 Å². The SMILES string of the molecule is COCCOCCOCCOc1ccc(C(C#N)NCCc2ccccc2)cc1. The zero-order valence-corrected chi connectivity index (χ0v) is 17.0. The molecule has 2 aromatic carbocycles. The van der Waals surface area contributed by atoms with E-state index in [2.05, 4.69) is 23.5 Å². The standard InChI is InChI=1S/C23H30N2O4/c1-26-13-14-27-15-16-28-17-18-29-22-9-7-21(8-10-22)23(19-24)25-12-11-20-5-3-2-4-6-20/h2-10,23,25H,11-18H2,1H3. The van der Waals surface area contributed by atoms with Gasteiger partial charge in [0.2, 0.25) is 0 Å². The molecule has 0 saturated carbocycles. The molecule has 29 heavy (non-hydrogen) atoms. The van der Waals surface area contributed by atoms with Crippen LogP contribution >= 0.6 is 0 Å². The predicted octanol–water partition coefficient (Wildman–Crippen LogP) is 3.14. The number of rotatable bonds is 15. The molecule has 0 spiro atoms. The lowest BCUT2D eigenvalue weighted by atomic mass is 10.1. The van der Waals surface area contributed by atoms with E-state index < -0.39 is 0 Å². The lowest BCUT2D eigenvalue weighted by Crippen LogP contribution is -2.22. The van der Waals surface area contributed by atoms with Gasteiger partial charge in [0.05, 0.1) is 39.1 Å². The summed E-state index contributed by atoms with van der Waals surface area (Å²) >= 11 is 0. The van der Waals surface area contributed by atoms with Gasteiger partial charge in [-0.05, 0) is 29.7 Å². The highest BCUT2D eigenvalue weighted by Gasteiger charge is 2.09. The number of nitriles is 1. The van der Waals surface area contributed by atoms with Gasteiger partial charge in [0, 0.05) is 13.7 Å². The topological polar surface area (TPSA) is 72.7 Å². The highest BCUT2D eigenvalue weighted by Crippen LogP contribution is 2.17. The van der Waals surface area contributed by atoms with Gasteiger partial charge in [-0.3, -0.25) is 5.32 Å². The van der Waals surface area contributed by atoms with Crippen LogP contribution in [0.15, 0.2) is 54.6 Å². The number of benzene rings is 2. The van der Waals surface area contributed by atoms with Crippen molar-refractivity contribution in [3.05, 3.63) is 65.7 Å². The van der Waals surface area contributed by atoms with Gasteiger partial charge in [0.1, 0.15) is 18.4 Å². The first-order valence-electron chi connectivity index (χ1n) is 9.87. The highest BCUT2D eigenvalue weighted by atomic mass is 16.6. The number of nitrogens with one attached hydrogen (secondary N) is 1. The molecular weight excluding hydrogens is 368 g/mol. The summed E-state index contributed by atoms with van der Waals surface area (Å²) in [5.41, 5.74) is 2.18. The quantitative estimate of drug-likeness (QED) is 0.465. The molecule has 6 nitrogen and oxygen atoms in total. The van der Waals surface area contributed by atoms with E-state index in [1.807, 2.05) is 42.5 Å². The molecule has 1 atom stereocenters. The average molecular weight is 399 g/mol. The van der Waals surface area contributed by atoms with Crippen molar-refractivity contribution in [1.82, 2.24) is 5.32 Å². The van der Waals surface area contributed by atoms with Crippen molar-refractivity contribution in [2.24, 2.45) is 0 Å². The maximum Gasteiger partial charge on any atom is 0.121 e. The number of hydrogen-bond donors (Lipinski definition) is 1. The van der Waals surface area contributed by atoms with Crippen molar-refractivity contribution in [2.45, 2.75) is 12.5 Å². The Morgan fingerprint density at radius 1 is 0.862 bits per heavy atom. The number of hydrogen-bond acceptors (Lipinski definition) is 6. The number of methoxy groups -OCH3 is 1. The van der Waals surface area contributed by atoms with Crippen LogP contribution in [-0.2, 0) is 20.6 Å². The molecule has 0 aromatic heterocycles. The van der Waals surface area contributed by atoms with Crippen molar-refractivity contribution in [3.63, 3.8) is 0 Å². The van der Waals surface area contributed by atoms with Crippen LogP contribution in [0.25, 0.3) is 0 Å². The van der Waals surface area contributed by atoms with E-state index in [9.17, 15) is 5.26 Å². The maximum absolute atomic E-state index is 9.46. The average Bonchev–Trinajstić information content (AvgIpc) is 2.77. The zero-order valence-electron chi connectivity index (χ0n) is 17.0. The summed E-state index contributed by atoms with van der Waals surface area (Å²) in [6.45, 7) is 3.95. The van der Waals surface area contributed by atoms with Crippen molar-refractivity contribution < 1.29 is 18.9 Å². The van der Waals surface area contributed by atoms with Crippen LogP contribution in [0.5, 0.6) is 5.75 Å². The van der Waals surface area contributed by atoms with Gasteiger partial charge >= 0.3 is 0 Å². The van der Waals surface area contributed by atoms with E-state index in [0.29, 0.717) is 39.6 Å². The van der Waals surface area contributed by atoms with Crippen molar-refractivity contribution in [3.8, 4) is 11.8 Å². The number of nitrogens with zero attached hydrogens (tertiary/aromatic N) is 1. The highest BCUT2D eigenvalue weighted by molar-refractivity contribution is 5.31. The van der Waals surface area contributed by atoms with Gasteiger partial charge in [0.25, 0.3) is 0 Å². The Balaban J connectivity index is 1.62. The zero-order chi connectivity index (χ0) is 20.6. The van der Waals surface area contributed by atoms with E-state index >= 15 is 0 Å². The molecule has 6 heteroatoms. The lowest BCUT2D eigenvalue weighted by molar-refractivity contribution is 0.0180. The molecule has 0 saturated heterocycles. The molecule has 0 fully saturated rings. The Morgan fingerprint density at radius 3 is 2.17 bits per heavy atom. The smallest absolute Gasteiger partial charge is 0.121 e. The molecule has 0 heterocycles. The molecule has 0 radical (unpaired) electrons. The largest absolute Gasteiger partial charge is 0.491 e. The normalized spacial score (nSPS) is 11.7. The fraction of sp³-hybridized carbons (Fsp3) is 0.435. The van der Waals surface area contributed by atoms with E-state index in [4.69, 9.17) is 18.9 Å². The summed E-state index contributed by atoms with van der Waals surface area (Å²) in [7, 11) is 1.65. The summed E-state index contributed by atoms with van der Waals surface area (Å²) in [6, 6.07) is 19.8. The second-order valence-electron chi connectivity index (χ2n) is 6.39. The van der Waals surface area contributed by atoms with Gasteiger partial charge < -0.3 is 18.9 Å². The summed E-state index contributed by atoms with van der Waals surface area (Å²) < 4.78 is 21.3. The molecule has 2 rings (SSSR count). The van der Waals surface area contributed by atoms with Crippen LogP contribution < -0.4 is 10.1 Å². The van der Waals surface area contributed by atoms with Crippen LogP contribution in [0.2, 0.25) is 0 Å². The number of ether oxygens (including phenoxy) is 4. The minimum atomic E-state index is -0.339. The Morgan fingerprint density at radius 2 is 1.52 bits per heavy atom. The van der Waals surface area contributed by atoms with Crippen molar-refractivity contribution in [2.75, 3.05) is 53.3 Å². The molecule has 0 amide bonds. The lowest BCUT2D eigenvalue weighted by Gasteiger charge is -2.13. The first-order chi connectivity index (χ1) is 14.3.